The number of fused-ring (bicyclic) bond motifs is 1. The maximum atomic E-state index is 14.0. The second kappa shape index (κ2) is 6.66. The van der Waals surface area contributed by atoms with Gasteiger partial charge < -0.3 is 14.2 Å². The predicted octanol–water partition coefficient (Wildman–Crippen LogP) is 5.06. The summed E-state index contributed by atoms with van der Waals surface area (Å²) in [7, 11) is 0. The van der Waals surface area contributed by atoms with Crippen LogP contribution in [0, 0.1) is 11.2 Å². The molecule has 0 spiro atoms. The van der Waals surface area contributed by atoms with Crippen molar-refractivity contribution in [3.8, 4) is 5.75 Å². The van der Waals surface area contributed by atoms with Gasteiger partial charge in [-0.05, 0) is 19.1 Å². The minimum Gasteiger partial charge on any atom is -0.460 e. The number of carbonyl (C=O) groups is 1. The van der Waals surface area contributed by atoms with Crippen molar-refractivity contribution in [2.75, 3.05) is 0 Å². The summed E-state index contributed by atoms with van der Waals surface area (Å²) in [6.07, 6.45) is -0.290. The lowest BCUT2D eigenvalue weighted by Crippen LogP contribution is -2.22. The molecule has 0 unspecified atom stereocenters. The summed E-state index contributed by atoms with van der Waals surface area (Å²) in [6.45, 7) is 1.70. The SMILES string of the molecule is C[C@]1(C(=O)OCc2cc(F)cc3c2O[C@@H](c2ccccc2)OC3)CC1(Cl)Cl. The zero-order valence-corrected chi connectivity index (χ0v) is 16.0. The molecule has 0 bridgehead atoms. The maximum absolute atomic E-state index is 14.0. The Morgan fingerprint density at radius 1 is 1.30 bits per heavy atom. The minimum atomic E-state index is -1.12. The number of ether oxygens (including phenoxy) is 3. The molecule has 0 radical (unpaired) electrons. The molecule has 2 aromatic carbocycles. The first-order chi connectivity index (χ1) is 12.8. The van der Waals surface area contributed by atoms with Gasteiger partial charge >= 0.3 is 5.97 Å². The average Bonchev–Trinajstić information content (AvgIpc) is 3.18. The summed E-state index contributed by atoms with van der Waals surface area (Å²) >= 11 is 12.0. The second-order valence-electron chi connectivity index (χ2n) is 7.01. The van der Waals surface area contributed by atoms with Gasteiger partial charge in [0.25, 0.3) is 0 Å². The fraction of sp³-hybridized carbons (Fsp3) is 0.350. The zero-order valence-electron chi connectivity index (χ0n) is 14.5. The third kappa shape index (κ3) is 3.40. The average molecular weight is 411 g/mol. The number of alkyl halides is 2. The number of rotatable bonds is 4. The van der Waals surface area contributed by atoms with E-state index in [4.69, 9.17) is 37.4 Å². The minimum absolute atomic E-state index is 0.139. The Labute approximate surface area is 166 Å². The standard InChI is InChI=1S/C20H17Cl2FO4/c1-19(11-20(19,21)22)18(24)26-10-14-8-15(23)7-13-9-25-17(27-16(13)14)12-5-3-2-4-6-12/h2-8,17H,9-11H2,1H3/t17-,19+/m0/s1. The fourth-order valence-corrected chi connectivity index (χ4v) is 3.77. The molecule has 142 valence electrons. The van der Waals surface area contributed by atoms with Crippen LogP contribution >= 0.6 is 23.2 Å². The number of esters is 1. The molecule has 27 heavy (non-hydrogen) atoms. The largest absolute Gasteiger partial charge is 0.460 e. The number of carbonyl (C=O) groups excluding carboxylic acids is 1. The third-order valence-corrected chi connectivity index (χ3v) is 6.06. The van der Waals surface area contributed by atoms with E-state index in [0.29, 0.717) is 23.3 Å². The molecule has 1 fully saturated rings. The molecule has 0 N–H and O–H groups in total. The number of halogens is 3. The second-order valence-corrected chi connectivity index (χ2v) is 8.50. The molecule has 0 aromatic heterocycles. The van der Waals surface area contributed by atoms with Gasteiger partial charge in [-0.25, -0.2) is 4.39 Å². The highest BCUT2D eigenvalue weighted by Gasteiger charge is 2.69. The number of hydrogen-bond donors (Lipinski definition) is 0. The Hall–Kier alpha value is -1.82. The molecule has 7 heteroatoms. The third-order valence-electron chi connectivity index (χ3n) is 4.96. The van der Waals surface area contributed by atoms with Crippen LogP contribution in [0.2, 0.25) is 0 Å². The van der Waals surface area contributed by atoms with Crippen molar-refractivity contribution < 1.29 is 23.4 Å². The van der Waals surface area contributed by atoms with Gasteiger partial charge in [0.05, 0.1) is 6.61 Å². The van der Waals surface area contributed by atoms with E-state index in [-0.39, 0.29) is 13.2 Å². The van der Waals surface area contributed by atoms with Crippen LogP contribution in [0.3, 0.4) is 0 Å². The summed E-state index contributed by atoms with van der Waals surface area (Å²) < 4.78 is 29.8. The molecular weight excluding hydrogens is 394 g/mol. The molecule has 1 aliphatic heterocycles. The first-order valence-corrected chi connectivity index (χ1v) is 9.25. The van der Waals surface area contributed by atoms with Crippen LogP contribution < -0.4 is 4.74 Å². The monoisotopic (exact) mass is 410 g/mol. The molecule has 4 nitrogen and oxygen atoms in total. The van der Waals surface area contributed by atoms with E-state index in [2.05, 4.69) is 0 Å². The Kier molecular flexibility index (Phi) is 4.57. The van der Waals surface area contributed by atoms with Gasteiger partial charge in [0.2, 0.25) is 6.29 Å². The fourth-order valence-electron chi connectivity index (χ4n) is 3.08. The molecule has 1 heterocycles. The van der Waals surface area contributed by atoms with Crippen molar-refractivity contribution in [1.82, 2.24) is 0 Å². The summed E-state index contributed by atoms with van der Waals surface area (Å²) in [5, 5.41) is 0. The molecule has 1 aliphatic carbocycles. The predicted molar refractivity (Wildman–Crippen MR) is 98.0 cm³/mol. The van der Waals surface area contributed by atoms with Crippen molar-refractivity contribution in [2.45, 2.75) is 37.2 Å². The highest BCUT2D eigenvalue weighted by molar-refractivity contribution is 6.53. The van der Waals surface area contributed by atoms with E-state index in [0.717, 1.165) is 5.56 Å². The van der Waals surface area contributed by atoms with Gasteiger partial charge in [0.1, 0.15) is 27.9 Å². The first kappa shape index (κ1) is 18.5. The topological polar surface area (TPSA) is 44.8 Å². The molecular formula is C20H17Cl2FO4. The highest BCUT2D eigenvalue weighted by atomic mass is 35.5. The van der Waals surface area contributed by atoms with Crippen molar-refractivity contribution in [1.29, 1.82) is 0 Å². The zero-order chi connectivity index (χ0) is 19.2. The van der Waals surface area contributed by atoms with Crippen molar-refractivity contribution in [3.63, 3.8) is 0 Å². The van der Waals surface area contributed by atoms with E-state index in [1.54, 1.807) is 6.92 Å². The molecule has 2 aromatic rings. The van der Waals surface area contributed by atoms with E-state index in [9.17, 15) is 9.18 Å². The lowest BCUT2D eigenvalue weighted by Gasteiger charge is -2.28. The summed E-state index contributed by atoms with van der Waals surface area (Å²) in [5.74, 6) is -0.503. The molecule has 1 saturated carbocycles. The quantitative estimate of drug-likeness (QED) is 0.521. The van der Waals surface area contributed by atoms with Gasteiger partial charge in [-0.2, -0.15) is 0 Å². The van der Waals surface area contributed by atoms with E-state index < -0.39 is 27.8 Å². The highest BCUT2D eigenvalue weighted by Crippen LogP contribution is 2.64. The molecule has 4 rings (SSSR count). The number of benzene rings is 2. The summed E-state index contributed by atoms with van der Waals surface area (Å²) in [6, 6.07) is 12.1. The smallest absolute Gasteiger partial charge is 0.315 e. The van der Waals surface area contributed by atoms with Gasteiger partial charge in [0.15, 0.2) is 0 Å². The Morgan fingerprint density at radius 3 is 2.67 bits per heavy atom. The van der Waals surface area contributed by atoms with E-state index in [1.807, 2.05) is 30.3 Å². The Balaban J connectivity index is 1.54. The van der Waals surface area contributed by atoms with E-state index in [1.165, 1.54) is 12.1 Å². The normalized spacial score (nSPS) is 25.3. The van der Waals surface area contributed by atoms with Crippen LogP contribution in [0.5, 0.6) is 5.75 Å². The Morgan fingerprint density at radius 2 is 2.00 bits per heavy atom. The van der Waals surface area contributed by atoms with Crippen LogP contribution in [0.1, 0.15) is 36.3 Å². The van der Waals surface area contributed by atoms with Crippen LogP contribution in [0.25, 0.3) is 0 Å². The lowest BCUT2D eigenvalue weighted by atomic mass is 10.1. The maximum Gasteiger partial charge on any atom is 0.315 e. The van der Waals surface area contributed by atoms with Gasteiger partial charge in [0, 0.05) is 23.1 Å². The molecule has 2 atom stereocenters. The van der Waals surface area contributed by atoms with Gasteiger partial charge in [-0.15, -0.1) is 23.2 Å². The lowest BCUT2D eigenvalue weighted by molar-refractivity contribution is -0.151. The summed E-state index contributed by atoms with van der Waals surface area (Å²) in [5.41, 5.74) is 0.895. The van der Waals surface area contributed by atoms with Crippen LogP contribution in [0.15, 0.2) is 42.5 Å². The van der Waals surface area contributed by atoms with Crippen LogP contribution in [0.4, 0.5) is 4.39 Å². The van der Waals surface area contributed by atoms with Crippen molar-refractivity contribution in [2.24, 2.45) is 5.41 Å². The van der Waals surface area contributed by atoms with Crippen LogP contribution in [-0.2, 0) is 27.5 Å². The Bertz CT molecular complexity index is 887. The van der Waals surface area contributed by atoms with Crippen molar-refractivity contribution in [3.05, 3.63) is 65.0 Å². The van der Waals surface area contributed by atoms with Crippen LogP contribution in [-0.4, -0.2) is 10.3 Å². The number of hydrogen-bond acceptors (Lipinski definition) is 4. The first-order valence-electron chi connectivity index (χ1n) is 8.50. The van der Waals surface area contributed by atoms with E-state index >= 15 is 0 Å². The van der Waals surface area contributed by atoms with Crippen molar-refractivity contribution >= 4 is 29.2 Å². The molecule has 2 aliphatic rings. The van der Waals surface area contributed by atoms with Gasteiger partial charge in [-0.3, -0.25) is 4.79 Å². The molecule has 0 amide bonds. The molecule has 0 saturated heterocycles. The summed E-state index contributed by atoms with van der Waals surface area (Å²) in [4.78, 5) is 12.3. The van der Waals surface area contributed by atoms with Gasteiger partial charge in [-0.1, -0.05) is 30.3 Å².